The minimum Gasteiger partial charge on any atom is -0.491 e. The van der Waals surface area contributed by atoms with Crippen LogP contribution in [0.5, 0.6) is 5.75 Å². The number of aliphatic hydroxyl groups excluding tert-OH is 3. The Hall–Kier alpha value is -2.26. The number of fused-ring (bicyclic) bond motifs is 1. The van der Waals surface area contributed by atoms with Crippen LogP contribution in [0.4, 0.5) is 5.69 Å². The van der Waals surface area contributed by atoms with Gasteiger partial charge in [0.05, 0.1) is 11.6 Å². The number of methoxy groups -OCH3 is 1. The molecular weight excluding hydrogens is 426 g/mol. The molecule has 1 heterocycles. The van der Waals surface area contributed by atoms with Gasteiger partial charge in [-0.25, -0.2) is 0 Å². The standard InChI is InChI=1S/C25H37NO7/c1-15(2)26-17-9-7-8-10-20(17)33-14-16(24(26)31)13-19(28)23(32-6)22(30)21(29)18(27)11-12-25(3,4)5/h7-12,15-16,18,21-23,27,29-30H,13-14H2,1-6H3/b12-11+/t16?,18-,21+,22-,23+/m1/s1. The highest BCUT2D eigenvalue weighted by Gasteiger charge is 2.39. The zero-order chi connectivity index (χ0) is 24.9. The largest absolute Gasteiger partial charge is 0.491 e. The number of Topliss-reactive ketones (excluding diaryl/α,β-unsaturated/α-hetero) is 1. The molecule has 1 unspecified atom stereocenters. The third-order valence-electron chi connectivity index (χ3n) is 5.49. The molecule has 0 saturated heterocycles. The highest BCUT2D eigenvalue weighted by Crippen LogP contribution is 2.34. The maximum atomic E-state index is 13.3. The van der Waals surface area contributed by atoms with Crippen LogP contribution in [0.2, 0.25) is 0 Å². The quantitative estimate of drug-likeness (QED) is 0.480. The molecule has 33 heavy (non-hydrogen) atoms. The topological polar surface area (TPSA) is 117 Å². The first-order valence-corrected chi connectivity index (χ1v) is 11.2. The minimum absolute atomic E-state index is 0.00314. The van der Waals surface area contributed by atoms with Gasteiger partial charge in [0, 0.05) is 19.6 Å². The molecule has 3 N–H and O–H groups in total. The summed E-state index contributed by atoms with van der Waals surface area (Å²) in [6.45, 7) is 9.52. The van der Waals surface area contributed by atoms with Crippen molar-refractivity contribution in [2.75, 3.05) is 18.6 Å². The van der Waals surface area contributed by atoms with Crippen molar-refractivity contribution in [2.24, 2.45) is 11.3 Å². The number of rotatable bonds is 9. The molecule has 0 saturated carbocycles. The van der Waals surface area contributed by atoms with E-state index in [1.807, 2.05) is 46.8 Å². The maximum absolute atomic E-state index is 13.3. The first-order chi connectivity index (χ1) is 15.4. The zero-order valence-electron chi connectivity index (χ0n) is 20.3. The summed E-state index contributed by atoms with van der Waals surface area (Å²) in [6.07, 6.45) is -3.28. The van der Waals surface area contributed by atoms with Gasteiger partial charge in [-0.1, -0.05) is 45.1 Å². The lowest BCUT2D eigenvalue weighted by Gasteiger charge is -2.30. The number of carbonyl (C=O) groups is 2. The number of nitrogens with zero attached hydrogens (tertiary/aromatic N) is 1. The number of ether oxygens (including phenoxy) is 2. The lowest BCUT2D eigenvalue weighted by molar-refractivity contribution is -0.149. The number of aliphatic hydroxyl groups is 3. The number of amides is 1. The van der Waals surface area contributed by atoms with Gasteiger partial charge in [-0.05, 0) is 31.4 Å². The van der Waals surface area contributed by atoms with Gasteiger partial charge in [0.2, 0.25) is 5.91 Å². The Morgan fingerprint density at radius 1 is 1.21 bits per heavy atom. The van der Waals surface area contributed by atoms with Crippen LogP contribution >= 0.6 is 0 Å². The summed E-state index contributed by atoms with van der Waals surface area (Å²) < 4.78 is 11.0. The first kappa shape index (κ1) is 27.0. The maximum Gasteiger partial charge on any atom is 0.234 e. The Labute approximate surface area is 195 Å². The first-order valence-electron chi connectivity index (χ1n) is 11.2. The Kier molecular flexibility index (Phi) is 9.20. The van der Waals surface area contributed by atoms with Crippen LogP contribution < -0.4 is 9.64 Å². The van der Waals surface area contributed by atoms with Crippen molar-refractivity contribution in [3.05, 3.63) is 36.4 Å². The van der Waals surface area contributed by atoms with Crippen LogP contribution in [0.1, 0.15) is 41.0 Å². The molecule has 8 heteroatoms. The number of ketones is 1. The fourth-order valence-corrected chi connectivity index (χ4v) is 3.74. The molecular formula is C25H37NO7. The number of hydrogen-bond acceptors (Lipinski definition) is 7. The average Bonchev–Trinajstić information content (AvgIpc) is 2.88. The van der Waals surface area contributed by atoms with E-state index in [2.05, 4.69) is 0 Å². The van der Waals surface area contributed by atoms with Crippen molar-refractivity contribution < 1.29 is 34.4 Å². The average molecular weight is 464 g/mol. The van der Waals surface area contributed by atoms with Gasteiger partial charge < -0.3 is 29.7 Å². The van der Waals surface area contributed by atoms with Crippen LogP contribution in [-0.4, -0.2) is 71.2 Å². The molecule has 1 aromatic carbocycles. The summed E-state index contributed by atoms with van der Waals surface area (Å²) >= 11 is 0. The second kappa shape index (κ2) is 11.2. The van der Waals surface area contributed by atoms with Crippen LogP contribution in [0.3, 0.4) is 0 Å². The van der Waals surface area contributed by atoms with E-state index in [9.17, 15) is 24.9 Å². The minimum atomic E-state index is -1.68. The van der Waals surface area contributed by atoms with Crippen molar-refractivity contribution in [1.82, 2.24) is 0 Å². The second-order valence-corrected chi connectivity index (χ2v) is 9.80. The van der Waals surface area contributed by atoms with Crippen LogP contribution in [-0.2, 0) is 14.3 Å². The molecule has 1 aliphatic rings. The molecule has 0 aromatic heterocycles. The lowest BCUT2D eigenvalue weighted by Crippen LogP contribution is -2.49. The van der Waals surface area contributed by atoms with E-state index in [1.165, 1.54) is 13.2 Å². The fraction of sp³-hybridized carbons (Fsp3) is 0.600. The normalized spacial score (nSPS) is 20.7. The van der Waals surface area contributed by atoms with Gasteiger partial charge in [0.15, 0.2) is 5.78 Å². The number of hydrogen-bond donors (Lipinski definition) is 3. The summed E-state index contributed by atoms with van der Waals surface area (Å²) in [6, 6.07) is 7.03. The van der Waals surface area contributed by atoms with Gasteiger partial charge >= 0.3 is 0 Å². The number of benzene rings is 1. The predicted octanol–water partition coefficient (Wildman–Crippen LogP) is 2.10. The van der Waals surface area contributed by atoms with E-state index in [1.54, 1.807) is 23.1 Å². The molecule has 0 spiro atoms. The Balaban J connectivity index is 2.16. The number of anilines is 1. The van der Waals surface area contributed by atoms with E-state index in [-0.39, 0.29) is 30.4 Å². The highest BCUT2D eigenvalue weighted by atomic mass is 16.5. The molecule has 1 aromatic rings. The van der Waals surface area contributed by atoms with E-state index in [0.29, 0.717) is 11.4 Å². The molecule has 5 atom stereocenters. The molecule has 0 fully saturated rings. The highest BCUT2D eigenvalue weighted by molar-refractivity contribution is 6.00. The number of carbonyl (C=O) groups excluding carboxylic acids is 2. The monoisotopic (exact) mass is 463 g/mol. The van der Waals surface area contributed by atoms with E-state index in [4.69, 9.17) is 9.47 Å². The molecule has 8 nitrogen and oxygen atoms in total. The van der Waals surface area contributed by atoms with Crippen molar-refractivity contribution in [3.63, 3.8) is 0 Å². The third kappa shape index (κ3) is 6.86. The molecule has 0 radical (unpaired) electrons. The fourth-order valence-electron chi connectivity index (χ4n) is 3.74. The van der Waals surface area contributed by atoms with Crippen LogP contribution in [0, 0.1) is 11.3 Å². The molecule has 1 amide bonds. The summed E-state index contributed by atoms with van der Waals surface area (Å²) in [5, 5.41) is 31.2. The smallest absolute Gasteiger partial charge is 0.234 e. The number of allylic oxidation sites excluding steroid dienone is 1. The van der Waals surface area contributed by atoms with Gasteiger partial charge in [0.25, 0.3) is 0 Å². The lowest BCUT2D eigenvalue weighted by atomic mass is 9.91. The van der Waals surface area contributed by atoms with Crippen molar-refractivity contribution in [1.29, 1.82) is 0 Å². The Morgan fingerprint density at radius 2 is 1.85 bits per heavy atom. The van der Waals surface area contributed by atoms with Gasteiger partial charge in [-0.2, -0.15) is 0 Å². The van der Waals surface area contributed by atoms with E-state index in [0.717, 1.165) is 0 Å². The molecule has 184 valence electrons. The molecule has 1 aliphatic heterocycles. The second-order valence-electron chi connectivity index (χ2n) is 9.80. The number of para-hydroxylation sites is 2. The van der Waals surface area contributed by atoms with Crippen molar-refractivity contribution >= 4 is 17.4 Å². The van der Waals surface area contributed by atoms with E-state index >= 15 is 0 Å². The summed E-state index contributed by atoms with van der Waals surface area (Å²) in [4.78, 5) is 27.9. The predicted molar refractivity (Wildman–Crippen MR) is 125 cm³/mol. The van der Waals surface area contributed by atoms with Crippen LogP contribution in [0.25, 0.3) is 0 Å². The van der Waals surface area contributed by atoms with Gasteiger partial charge in [0.1, 0.15) is 36.8 Å². The molecule has 0 aliphatic carbocycles. The SMILES string of the molecule is CO[C@@H](C(=O)CC1COc2ccccc2N(C(C)C)C1=O)[C@H](O)[C@@H](O)[C@H](O)/C=C/C(C)(C)C. The van der Waals surface area contributed by atoms with Crippen LogP contribution in [0.15, 0.2) is 36.4 Å². The molecule has 0 bridgehead atoms. The van der Waals surface area contributed by atoms with Gasteiger partial charge in [-0.3, -0.25) is 9.59 Å². The summed E-state index contributed by atoms with van der Waals surface area (Å²) in [5.74, 6) is -1.06. The van der Waals surface area contributed by atoms with Crippen molar-refractivity contribution in [2.45, 2.75) is 71.5 Å². The Bertz CT molecular complexity index is 845. The Morgan fingerprint density at radius 3 is 2.42 bits per heavy atom. The van der Waals surface area contributed by atoms with Gasteiger partial charge in [-0.15, -0.1) is 0 Å². The van der Waals surface area contributed by atoms with Crippen molar-refractivity contribution in [3.8, 4) is 5.75 Å². The third-order valence-corrected chi connectivity index (χ3v) is 5.49. The molecule has 2 rings (SSSR count). The zero-order valence-corrected chi connectivity index (χ0v) is 20.3. The summed E-state index contributed by atoms with van der Waals surface area (Å²) in [7, 11) is 1.23. The summed E-state index contributed by atoms with van der Waals surface area (Å²) in [5.41, 5.74) is 0.405. The van der Waals surface area contributed by atoms with E-state index < -0.39 is 36.1 Å².